The Balaban J connectivity index is 1.37. The van der Waals surface area contributed by atoms with E-state index in [4.69, 9.17) is 23.2 Å². The zero-order valence-electron chi connectivity index (χ0n) is 15.8. The van der Waals surface area contributed by atoms with Gasteiger partial charge < -0.3 is 9.80 Å². The molecule has 2 heterocycles. The zero-order valence-corrected chi connectivity index (χ0v) is 17.3. The van der Waals surface area contributed by atoms with Crippen LogP contribution < -0.4 is 0 Å². The lowest BCUT2D eigenvalue weighted by molar-refractivity contribution is -0.132. The second-order valence-electron chi connectivity index (χ2n) is 7.04. The van der Waals surface area contributed by atoms with E-state index < -0.39 is 11.8 Å². The third-order valence-corrected chi connectivity index (χ3v) is 5.80. The highest BCUT2D eigenvalue weighted by Crippen LogP contribution is 2.24. The van der Waals surface area contributed by atoms with Gasteiger partial charge in [0.15, 0.2) is 0 Å². The second kappa shape index (κ2) is 8.08. The summed E-state index contributed by atoms with van der Waals surface area (Å²) in [5.41, 5.74) is 0.975. The number of fused-ring (bicyclic) bond motifs is 1. The summed E-state index contributed by atoms with van der Waals surface area (Å²) in [4.78, 5) is 54.4. The maximum Gasteiger partial charge on any atom is 0.262 e. The predicted octanol–water partition coefficient (Wildman–Crippen LogP) is 2.57. The number of hydrogen-bond acceptors (Lipinski definition) is 4. The van der Waals surface area contributed by atoms with Crippen molar-refractivity contribution in [3.05, 3.63) is 69.2 Å². The van der Waals surface area contributed by atoms with Crippen LogP contribution in [0.25, 0.3) is 0 Å². The van der Waals surface area contributed by atoms with E-state index in [0.717, 1.165) is 4.90 Å². The fraction of sp³-hybridized carbons (Fsp3) is 0.238. The standard InChI is InChI=1S/C21H17Cl2N3O4/c22-13-5-6-16(17(23)11-13)19(28)25-9-7-24(8-10-25)18(27)12-26-20(29)14-3-1-2-4-15(14)21(26)30/h1-6,11H,7-10,12H2. The molecule has 1 fully saturated rings. The minimum absolute atomic E-state index is 0.232. The third-order valence-electron chi connectivity index (χ3n) is 5.25. The van der Waals surface area contributed by atoms with Gasteiger partial charge in [-0.2, -0.15) is 0 Å². The van der Waals surface area contributed by atoms with Crippen molar-refractivity contribution in [2.45, 2.75) is 0 Å². The average molecular weight is 446 g/mol. The van der Waals surface area contributed by atoms with Gasteiger partial charge in [0.2, 0.25) is 5.91 Å². The molecule has 7 nitrogen and oxygen atoms in total. The Labute approximate surface area is 182 Å². The van der Waals surface area contributed by atoms with Crippen LogP contribution in [-0.2, 0) is 4.79 Å². The van der Waals surface area contributed by atoms with Gasteiger partial charge in [-0.05, 0) is 30.3 Å². The van der Waals surface area contributed by atoms with Gasteiger partial charge in [-0.3, -0.25) is 24.1 Å². The lowest BCUT2D eigenvalue weighted by Gasteiger charge is -2.35. The highest BCUT2D eigenvalue weighted by molar-refractivity contribution is 6.36. The molecule has 0 N–H and O–H groups in total. The first-order valence-electron chi connectivity index (χ1n) is 9.34. The summed E-state index contributed by atoms with van der Waals surface area (Å²) in [5, 5.41) is 0.719. The van der Waals surface area contributed by atoms with Crippen molar-refractivity contribution in [3.8, 4) is 0 Å². The first-order valence-corrected chi connectivity index (χ1v) is 10.1. The highest BCUT2D eigenvalue weighted by Gasteiger charge is 2.37. The van der Waals surface area contributed by atoms with Crippen molar-refractivity contribution < 1.29 is 19.2 Å². The molecule has 2 aliphatic heterocycles. The largest absolute Gasteiger partial charge is 0.338 e. The van der Waals surface area contributed by atoms with E-state index in [1.807, 2.05) is 0 Å². The van der Waals surface area contributed by atoms with E-state index in [-0.39, 0.29) is 23.4 Å². The van der Waals surface area contributed by atoms with Crippen molar-refractivity contribution in [3.63, 3.8) is 0 Å². The van der Waals surface area contributed by atoms with Crippen molar-refractivity contribution in [2.75, 3.05) is 32.7 Å². The van der Waals surface area contributed by atoms with Crippen LogP contribution in [0.4, 0.5) is 0 Å². The van der Waals surface area contributed by atoms with Gasteiger partial charge in [-0.15, -0.1) is 0 Å². The molecule has 2 aromatic carbocycles. The first kappa shape index (κ1) is 20.4. The van der Waals surface area contributed by atoms with Crippen molar-refractivity contribution in [2.24, 2.45) is 0 Å². The van der Waals surface area contributed by atoms with Crippen LogP contribution in [0.2, 0.25) is 10.0 Å². The van der Waals surface area contributed by atoms with E-state index in [1.54, 1.807) is 46.2 Å². The number of imide groups is 1. The highest BCUT2D eigenvalue weighted by atomic mass is 35.5. The fourth-order valence-corrected chi connectivity index (χ4v) is 4.10. The summed E-state index contributed by atoms with van der Waals surface area (Å²) < 4.78 is 0. The van der Waals surface area contributed by atoms with E-state index >= 15 is 0 Å². The van der Waals surface area contributed by atoms with E-state index in [1.165, 1.54) is 6.07 Å². The van der Waals surface area contributed by atoms with Gasteiger partial charge in [0.05, 0.1) is 21.7 Å². The molecule has 0 atom stereocenters. The van der Waals surface area contributed by atoms with Crippen LogP contribution in [0.1, 0.15) is 31.1 Å². The van der Waals surface area contributed by atoms with Crippen molar-refractivity contribution in [1.29, 1.82) is 0 Å². The van der Waals surface area contributed by atoms with Crippen LogP contribution in [0.15, 0.2) is 42.5 Å². The molecule has 2 aliphatic rings. The fourth-order valence-electron chi connectivity index (χ4n) is 3.61. The molecule has 4 amide bonds. The Bertz CT molecular complexity index is 1030. The molecule has 2 aromatic rings. The molecule has 0 aliphatic carbocycles. The second-order valence-corrected chi connectivity index (χ2v) is 7.88. The Morgan fingerprint density at radius 2 is 1.40 bits per heavy atom. The Hall–Kier alpha value is -2.90. The van der Waals surface area contributed by atoms with Gasteiger partial charge in [0, 0.05) is 31.2 Å². The normalized spacial score (nSPS) is 16.1. The number of carbonyl (C=O) groups excluding carboxylic acids is 4. The molecule has 4 rings (SSSR count). The zero-order chi connectivity index (χ0) is 21.4. The lowest BCUT2D eigenvalue weighted by Crippen LogP contribution is -2.53. The van der Waals surface area contributed by atoms with Crippen LogP contribution >= 0.6 is 23.2 Å². The molecule has 30 heavy (non-hydrogen) atoms. The maximum atomic E-state index is 12.7. The summed E-state index contributed by atoms with van der Waals surface area (Å²) in [6, 6.07) is 11.2. The molecule has 0 unspecified atom stereocenters. The Morgan fingerprint density at radius 3 is 1.97 bits per heavy atom. The molecule has 0 radical (unpaired) electrons. The molecular weight excluding hydrogens is 429 g/mol. The molecule has 0 aromatic heterocycles. The number of carbonyl (C=O) groups is 4. The van der Waals surface area contributed by atoms with Gasteiger partial charge >= 0.3 is 0 Å². The minimum Gasteiger partial charge on any atom is -0.338 e. The number of piperazine rings is 1. The van der Waals surface area contributed by atoms with Gasteiger partial charge in [-0.1, -0.05) is 35.3 Å². The van der Waals surface area contributed by atoms with Crippen molar-refractivity contribution >= 4 is 46.8 Å². The molecule has 9 heteroatoms. The average Bonchev–Trinajstić information content (AvgIpc) is 2.98. The van der Waals surface area contributed by atoms with E-state index in [9.17, 15) is 19.2 Å². The molecule has 1 saturated heterocycles. The maximum absolute atomic E-state index is 12.7. The summed E-state index contributed by atoms with van der Waals surface area (Å²) >= 11 is 12.0. The lowest BCUT2D eigenvalue weighted by atomic mass is 10.1. The summed E-state index contributed by atoms with van der Waals surface area (Å²) in [6.45, 7) is 0.943. The number of rotatable bonds is 3. The number of benzene rings is 2. The first-order chi connectivity index (χ1) is 14.4. The third kappa shape index (κ3) is 3.66. The monoisotopic (exact) mass is 445 g/mol. The Morgan fingerprint density at radius 1 is 0.833 bits per heavy atom. The number of halogens is 2. The number of nitrogens with zero attached hydrogens (tertiary/aromatic N) is 3. The quantitative estimate of drug-likeness (QED) is 0.680. The molecule has 0 spiro atoms. The number of hydrogen-bond donors (Lipinski definition) is 0. The Kier molecular flexibility index (Phi) is 5.49. The predicted molar refractivity (Wildman–Crippen MR) is 111 cm³/mol. The minimum atomic E-state index is -0.463. The van der Waals surface area contributed by atoms with Gasteiger partial charge in [0.25, 0.3) is 17.7 Å². The summed E-state index contributed by atoms with van der Waals surface area (Å²) in [6.07, 6.45) is 0. The number of amides is 4. The van der Waals surface area contributed by atoms with Crippen LogP contribution in [-0.4, -0.2) is 71.1 Å². The van der Waals surface area contributed by atoms with Crippen molar-refractivity contribution in [1.82, 2.24) is 14.7 Å². The van der Waals surface area contributed by atoms with Crippen LogP contribution in [0.3, 0.4) is 0 Å². The SMILES string of the molecule is O=C(CN1C(=O)c2ccccc2C1=O)N1CCN(C(=O)c2ccc(Cl)cc2Cl)CC1. The topological polar surface area (TPSA) is 78.0 Å². The van der Waals surface area contributed by atoms with E-state index in [2.05, 4.69) is 0 Å². The van der Waals surface area contributed by atoms with Gasteiger partial charge in [0.1, 0.15) is 6.54 Å². The smallest absolute Gasteiger partial charge is 0.262 e. The summed E-state index contributed by atoms with van der Waals surface area (Å²) in [7, 11) is 0. The molecule has 154 valence electrons. The van der Waals surface area contributed by atoms with Gasteiger partial charge in [-0.25, -0.2) is 0 Å². The van der Waals surface area contributed by atoms with Crippen LogP contribution in [0, 0.1) is 0 Å². The molecule has 0 saturated carbocycles. The molecule has 0 bridgehead atoms. The summed E-state index contributed by atoms with van der Waals surface area (Å²) in [5.74, 6) is -1.49. The molecular formula is C21H17Cl2N3O4. The van der Waals surface area contributed by atoms with E-state index in [0.29, 0.717) is 47.9 Å². The van der Waals surface area contributed by atoms with Crippen LogP contribution in [0.5, 0.6) is 0 Å².